The monoisotopic (exact) mass is 288 g/mol. The van der Waals surface area contributed by atoms with Crippen LogP contribution in [0.2, 0.25) is 0 Å². The molecule has 0 amide bonds. The van der Waals surface area contributed by atoms with Crippen molar-refractivity contribution in [1.29, 1.82) is 0 Å². The standard InChI is InChI=1S/C15H19N2P.C2H6/c1-16-14-9-5-8-13(10-14)15(18)17-11-12-6-3-2-4-7-12;1-2/h2-10,15-17H,11,18H2,1H3;1-2H3. The predicted octanol–water partition coefficient (Wildman–Crippen LogP) is 4.42. The Morgan fingerprint density at radius 1 is 1.00 bits per heavy atom. The maximum atomic E-state index is 3.50. The van der Waals surface area contributed by atoms with Crippen molar-refractivity contribution < 1.29 is 0 Å². The third-order valence-corrected chi connectivity index (χ3v) is 3.52. The molecule has 2 rings (SSSR count). The third kappa shape index (κ3) is 5.32. The summed E-state index contributed by atoms with van der Waals surface area (Å²) >= 11 is 0. The fourth-order valence-electron chi connectivity index (χ4n) is 1.83. The third-order valence-electron chi connectivity index (χ3n) is 2.90. The highest BCUT2D eigenvalue weighted by Crippen LogP contribution is 2.23. The average molecular weight is 288 g/mol. The van der Waals surface area contributed by atoms with Crippen LogP contribution in [0.5, 0.6) is 0 Å². The van der Waals surface area contributed by atoms with E-state index in [-0.39, 0.29) is 5.78 Å². The van der Waals surface area contributed by atoms with Gasteiger partial charge in [0.25, 0.3) is 0 Å². The van der Waals surface area contributed by atoms with E-state index in [2.05, 4.69) is 68.4 Å². The summed E-state index contributed by atoms with van der Waals surface area (Å²) < 4.78 is 0. The van der Waals surface area contributed by atoms with Crippen molar-refractivity contribution in [3.05, 3.63) is 65.7 Å². The largest absolute Gasteiger partial charge is 0.388 e. The zero-order valence-electron chi connectivity index (χ0n) is 12.6. The molecule has 20 heavy (non-hydrogen) atoms. The molecule has 0 bridgehead atoms. The quantitative estimate of drug-likeness (QED) is 0.796. The molecule has 0 aromatic heterocycles. The van der Waals surface area contributed by atoms with E-state index in [1.807, 2.05) is 27.0 Å². The highest BCUT2D eigenvalue weighted by atomic mass is 31.0. The van der Waals surface area contributed by atoms with E-state index in [0.29, 0.717) is 0 Å². The molecule has 2 aromatic rings. The first-order valence-electron chi connectivity index (χ1n) is 7.10. The second kappa shape index (κ2) is 9.52. The maximum absolute atomic E-state index is 3.50. The van der Waals surface area contributed by atoms with Crippen molar-refractivity contribution in [1.82, 2.24) is 5.32 Å². The molecule has 0 saturated heterocycles. The Labute approximate surface area is 125 Å². The van der Waals surface area contributed by atoms with Crippen LogP contribution in [0.3, 0.4) is 0 Å². The summed E-state index contributed by atoms with van der Waals surface area (Å²) in [4.78, 5) is 0. The van der Waals surface area contributed by atoms with Gasteiger partial charge < -0.3 is 10.6 Å². The summed E-state index contributed by atoms with van der Waals surface area (Å²) in [6.07, 6.45) is 0. The summed E-state index contributed by atoms with van der Waals surface area (Å²) in [6.45, 7) is 4.87. The van der Waals surface area contributed by atoms with E-state index in [1.54, 1.807) is 0 Å². The molecule has 2 atom stereocenters. The summed E-state index contributed by atoms with van der Waals surface area (Å²) in [5.41, 5.74) is 3.71. The number of anilines is 1. The van der Waals surface area contributed by atoms with Crippen molar-refractivity contribution in [2.24, 2.45) is 0 Å². The van der Waals surface area contributed by atoms with Crippen molar-refractivity contribution >= 4 is 14.9 Å². The molecule has 0 aliphatic carbocycles. The molecule has 2 unspecified atom stereocenters. The van der Waals surface area contributed by atoms with Crippen LogP contribution in [-0.4, -0.2) is 7.05 Å². The van der Waals surface area contributed by atoms with Crippen molar-refractivity contribution in [3.8, 4) is 0 Å². The topological polar surface area (TPSA) is 24.1 Å². The molecule has 0 aliphatic rings. The Morgan fingerprint density at radius 3 is 2.35 bits per heavy atom. The lowest BCUT2D eigenvalue weighted by Crippen LogP contribution is -2.15. The molecule has 0 saturated carbocycles. The Bertz CT molecular complexity index is 485. The number of hydrogen-bond acceptors (Lipinski definition) is 2. The fraction of sp³-hybridized carbons (Fsp3) is 0.294. The Hall–Kier alpha value is -1.37. The summed E-state index contributed by atoms with van der Waals surface area (Å²) in [5, 5.41) is 6.66. The van der Waals surface area contributed by atoms with Gasteiger partial charge in [-0.1, -0.05) is 56.3 Å². The minimum absolute atomic E-state index is 0.263. The highest BCUT2D eigenvalue weighted by Gasteiger charge is 2.05. The maximum Gasteiger partial charge on any atom is 0.0467 e. The molecule has 0 fully saturated rings. The van der Waals surface area contributed by atoms with Crippen LogP contribution in [0.25, 0.3) is 0 Å². The molecular formula is C17H25N2P. The smallest absolute Gasteiger partial charge is 0.0467 e. The minimum Gasteiger partial charge on any atom is -0.388 e. The van der Waals surface area contributed by atoms with Crippen LogP contribution in [0.15, 0.2) is 54.6 Å². The number of benzene rings is 2. The van der Waals surface area contributed by atoms with Crippen LogP contribution in [0.1, 0.15) is 30.8 Å². The van der Waals surface area contributed by atoms with Crippen LogP contribution < -0.4 is 10.6 Å². The van der Waals surface area contributed by atoms with Crippen LogP contribution >= 0.6 is 9.24 Å². The number of nitrogens with one attached hydrogen (secondary N) is 2. The van der Waals surface area contributed by atoms with E-state index in [9.17, 15) is 0 Å². The zero-order chi connectivity index (χ0) is 14.8. The van der Waals surface area contributed by atoms with Gasteiger partial charge in [-0.25, -0.2) is 0 Å². The van der Waals surface area contributed by atoms with Gasteiger partial charge in [-0.2, -0.15) is 0 Å². The summed E-state index contributed by atoms with van der Waals surface area (Å²) in [6, 6.07) is 18.9. The average Bonchev–Trinajstić information content (AvgIpc) is 2.55. The highest BCUT2D eigenvalue weighted by molar-refractivity contribution is 7.17. The molecule has 3 heteroatoms. The zero-order valence-corrected chi connectivity index (χ0v) is 13.7. The normalized spacial score (nSPS) is 11.2. The molecular weight excluding hydrogens is 263 g/mol. The Balaban J connectivity index is 0.000000956. The van der Waals surface area contributed by atoms with Crippen LogP contribution in [0, 0.1) is 0 Å². The van der Waals surface area contributed by atoms with Crippen LogP contribution in [-0.2, 0) is 6.54 Å². The second-order valence-corrected chi connectivity index (χ2v) is 4.89. The number of hydrogen-bond donors (Lipinski definition) is 2. The van der Waals surface area contributed by atoms with Crippen molar-refractivity contribution in [3.63, 3.8) is 0 Å². The molecule has 0 heterocycles. The summed E-state index contributed by atoms with van der Waals surface area (Å²) in [5.74, 6) is 0.263. The molecule has 2 N–H and O–H groups in total. The molecule has 0 radical (unpaired) electrons. The Kier molecular flexibility index (Phi) is 7.94. The van der Waals surface area contributed by atoms with Gasteiger partial charge in [-0.3, -0.25) is 0 Å². The van der Waals surface area contributed by atoms with Crippen molar-refractivity contribution in [2.45, 2.75) is 26.2 Å². The van der Waals surface area contributed by atoms with Gasteiger partial charge in [0.15, 0.2) is 0 Å². The van der Waals surface area contributed by atoms with Crippen molar-refractivity contribution in [2.75, 3.05) is 12.4 Å². The Morgan fingerprint density at radius 2 is 1.70 bits per heavy atom. The molecule has 0 aliphatic heterocycles. The SMILES string of the molecule is CC.CNc1cccc(C(P)NCc2ccccc2)c1. The first-order chi connectivity index (χ1) is 9.79. The molecule has 0 spiro atoms. The molecule has 2 nitrogen and oxygen atoms in total. The van der Waals surface area contributed by atoms with E-state index < -0.39 is 0 Å². The van der Waals surface area contributed by atoms with Gasteiger partial charge >= 0.3 is 0 Å². The minimum atomic E-state index is 0.263. The second-order valence-electron chi connectivity index (χ2n) is 4.22. The molecule has 108 valence electrons. The van der Waals surface area contributed by atoms with E-state index in [1.165, 1.54) is 11.1 Å². The van der Waals surface area contributed by atoms with Gasteiger partial charge in [0, 0.05) is 25.1 Å². The van der Waals surface area contributed by atoms with E-state index in [4.69, 9.17) is 0 Å². The van der Waals surface area contributed by atoms with Gasteiger partial charge in [-0.05, 0) is 23.3 Å². The first-order valence-corrected chi connectivity index (χ1v) is 7.77. The lowest BCUT2D eigenvalue weighted by Gasteiger charge is -2.15. The lowest BCUT2D eigenvalue weighted by molar-refractivity contribution is 0.678. The summed E-state index contributed by atoms with van der Waals surface area (Å²) in [7, 11) is 4.79. The number of rotatable bonds is 5. The first kappa shape index (κ1) is 16.7. The fourth-order valence-corrected chi connectivity index (χ4v) is 2.15. The van der Waals surface area contributed by atoms with Gasteiger partial charge in [0.2, 0.25) is 0 Å². The van der Waals surface area contributed by atoms with Gasteiger partial charge in [-0.15, -0.1) is 9.24 Å². The van der Waals surface area contributed by atoms with Gasteiger partial charge in [0.05, 0.1) is 0 Å². The van der Waals surface area contributed by atoms with E-state index in [0.717, 1.165) is 12.2 Å². The van der Waals surface area contributed by atoms with Crippen LogP contribution in [0.4, 0.5) is 5.69 Å². The van der Waals surface area contributed by atoms with Gasteiger partial charge in [0.1, 0.15) is 0 Å². The molecule has 2 aromatic carbocycles. The van der Waals surface area contributed by atoms with E-state index >= 15 is 0 Å². The predicted molar refractivity (Wildman–Crippen MR) is 93.1 cm³/mol. The lowest BCUT2D eigenvalue weighted by atomic mass is 10.2.